The molecule has 1 spiro atoms. The third kappa shape index (κ3) is 2.53. The van der Waals surface area contributed by atoms with Crippen LogP contribution < -0.4 is 0 Å². The van der Waals surface area contributed by atoms with Crippen molar-refractivity contribution in [2.24, 2.45) is 5.92 Å². The molecule has 0 radical (unpaired) electrons. The van der Waals surface area contributed by atoms with Gasteiger partial charge in [-0.05, 0) is 30.9 Å². The number of likely N-dealkylation sites (tertiary alicyclic amines) is 1. The zero-order valence-electron chi connectivity index (χ0n) is 10.6. The van der Waals surface area contributed by atoms with E-state index in [-0.39, 0.29) is 5.60 Å². The van der Waals surface area contributed by atoms with E-state index in [0.29, 0.717) is 18.4 Å². The van der Waals surface area contributed by atoms with Gasteiger partial charge in [-0.3, -0.25) is 9.69 Å². The Kier molecular flexibility index (Phi) is 3.56. The van der Waals surface area contributed by atoms with Crippen LogP contribution in [-0.2, 0) is 9.53 Å². The third-order valence-corrected chi connectivity index (χ3v) is 5.72. The summed E-state index contributed by atoms with van der Waals surface area (Å²) < 4.78 is 6.03. The van der Waals surface area contributed by atoms with Crippen LogP contribution in [0.1, 0.15) is 25.7 Å². The first-order valence-electron chi connectivity index (χ1n) is 6.84. The van der Waals surface area contributed by atoms with Gasteiger partial charge < -0.3 is 9.84 Å². The predicted molar refractivity (Wildman–Crippen MR) is 71.0 cm³/mol. The Bertz CT molecular complexity index is 324. The van der Waals surface area contributed by atoms with Crippen LogP contribution in [0.25, 0.3) is 0 Å². The number of carboxylic acids is 1. The largest absolute Gasteiger partial charge is 0.481 e. The molecule has 3 saturated heterocycles. The van der Waals surface area contributed by atoms with E-state index in [0.717, 1.165) is 38.3 Å². The Morgan fingerprint density at radius 3 is 3.00 bits per heavy atom. The molecule has 3 fully saturated rings. The highest BCUT2D eigenvalue weighted by Gasteiger charge is 2.44. The van der Waals surface area contributed by atoms with E-state index >= 15 is 0 Å². The maximum absolute atomic E-state index is 10.6. The second-order valence-corrected chi connectivity index (χ2v) is 7.00. The van der Waals surface area contributed by atoms with Gasteiger partial charge in [-0.25, -0.2) is 0 Å². The van der Waals surface area contributed by atoms with Crippen LogP contribution in [0.15, 0.2) is 0 Å². The molecule has 0 amide bonds. The maximum Gasteiger partial charge on any atom is 0.303 e. The molecule has 2 unspecified atom stereocenters. The molecular formula is C13H21NO3S. The predicted octanol–water partition coefficient (Wildman–Crippen LogP) is 1.45. The summed E-state index contributed by atoms with van der Waals surface area (Å²) in [5.74, 6) is 2.10. The lowest BCUT2D eigenvalue weighted by molar-refractivity contribution is -0.141. The number of hydrogen-bond acceptors (Lipinski definition) is 4. The van der Waals surface area contributed by atoms with E-state index in [9.17, 15) is 4.79 Å². The fraction of sp³-hybridized carbons (Fsp3) is 0.923. The molecule has 0 bridgehead atoms. The number of aliphatic carboxylic acids is 1. The third-order valence-electron chi connectivity index (χ3n) is 4.50. The standard InChI is InChI=1S/C13H21NO3S/c15-12(16)5-10-7-14(8-10)11-1-3-17-13(6-11)2-4-18-9-13/h10-11H,1-9H2,(H,15,16). The van der Waals surface area contributed by atoms with E-state index < -0.39 is 5.97 Å². The SMILES string of the molecule is O=C(O)CC1CN(C2CCOC3(CCSC3)C2)C1. The number of hydrogen-bond donors (Lipinski definition) is 1. The molecule has 3 aliphatic heterocycles. The smallest absolute Gasteiger partial charge is 0.303 e. The van der Waals surface area contributed by atoms with Gasteiger partial charge in [0, 0.05) is 31.5 Å². The fourth-order valence-electron chi connectivity index (χ4n) is 3.46. The molecule has 1 N–H and O–H groups in total. The molecule has 4 nitrogen and oxygen atoms in total. The van der Waals surface area contributed by atoms with Gasteiger partial charge in [0.25, 0.3) is 0 Å². The minimum atomic E-state index is -0.657. The molecule has 3 heterocycles. The summed E-state index contributed by atoms with van der Waals surface area (Å²) in [5, 5.41) is 8.77. The molecule has 3 rings (SSSR count). The van der Waals surface area contributed by atoms with Crippen molar-refractivity contribution in [3.05, 3.63) is 0 Å². The van der Waals surface area contributed by atoms with Gasteiger partial charge in [0.2, 0.25) is 0 Å². The van der Waals surface area contributed by atoms with Crippen molar-refractivity contribution in [2.75, 3.05) is 31.2 Å². The average molecular weight is 271 g/mol. The summed E-state index contributed by atoms with van der Waals surface area (Å²) in [6.45, 7) is 2.83. The van der Waals surface area contributed by atoms with Crippen molar-refractivity contribution in [2.45, 2.75) is 37.3 Å². The van der Waals surface area contributed by atoms with Gasteiger partial charge in [0.1, 0.15) is 0 Å². The number of carbonyl (C=O) groups is 1. The van der Waals surface area contributed by atoms with Gasteiger partial charge in [0.05, 0.1) is 12.0 Å². The summed E-state index contributed by atoms with van der Waals surface area (Å²) >= 11 is 2.01. The first kappa shape index (κ1) is 12.8. The zero-order chi connectivity index (χ0) is 12.6. The van der Waals surface area contributed by atoms with Gasteiger partial charge >= 0.3 is 5.97 Å². The Hall–Kier alpha value is -0.260. The second kappa shape index (κ2) is 5.02. The normalized spacial score (nSPS) is 37.9. The molecule has 5 heteroatoms. The van der Waals surface area contributed by atoms with Crippen molar-refractivity contribution in [1.82, 2.24) is 4.90 Å². The van der Waals surface area contributed by atoms with Gasteiger partial charge in [0.15, 0.2) is 0 Å². The second-order valence-electron chi connectivity index (χ2n) is 5.90. The lowest BCUT2D eigenvalue weighted by atomic mass is 9.85. The number of thioether (sulfide) groups is 1. The summed E-state index contributed by atoms with van der Waals surface area (Å²) in [5.41, 5.74) is 0.144. The molecule has 0 saturated carbocycles. The molecule has 0 aromatic carbocycles. The highest BCUT2D eigenvalue weighted by atomic mass is 32.2. The molecule has 3 aliphatic rings. The molecule has 2 atom stereocenters. The van der Waals surface area contributed by atoms with Crippen molar-refractivity contribution in [3.8, 4) is 0 Å². The quantitative estimate of drug-likeness (QED) is 0.842. The van der Waals surface area contributed by atoms with Gasteiger partial charge in [-0.15, -0.1) is 0 Å². The first-order valence-corrected chi connectivity index (χ1v) is 8.00. The van der Waals surface area contributed by atoms with Crippen LogP contribution in [0.2, 0.25) is 0 Å². The molecule has 18 heavy (non-hydrogen) atoms. The fourth-order valence-corrected chi connectivity index (χ4v) is 4.84. The van der Waals surface area contributed by atoms with Crippen molar-refractivity contribution in [3.63, 3.8) is 0 Å². The minimum Gasteiger partial charge on any atom is -0.481 e. The minimum absolute atomic E-state index is 0.144. The van der Waals surface area contributed by atoms with Crippen molar-refractivity contribution >= 4 is 17.7 Å². The Morgan fingerprint density at radius 1 is 1.50 bits per heavy atom. The Labute approximate surface area is 112 Å². The summed E-state index contributed by atoms with van der Waals surface area (Å²) in [4.78, 5) is 13.1. The van der Waals surface area contributed by atoms with Crippen LogP contribution in [0.5, 0.6) is 0 Å². The topological polar surface area (TPSA) is 49.8 Å². The lowest BCUT2D eigenvalue weighted by Gasteiger charge is -2.49. The monoisotopic (exact) mass is 271 g/mol. The lowest BCUT2D eigenvalue weighted by Crippen LogP contribution is -2.57. The first-order chi connectivity index (χ1) is 8.67. The average Bonchev–Trinajstić information content (AvgIpc) is 2.71. The van der Waals surface area contributed by atoms with Crippen LogP contribution in [0.4, 0.5) is 0 Å². The Morgan fingerprint density at radius 2 is 2.33 bits per heavy atom. The van der Waals surface area contributed by atoms with E-state index in [1.165, 1.54) is 12.2 Å². The van der Waals surface area contributed by atoms with Crippen LogP contribution in [0.3, 0.4) is 0 Å². The van der Waals surface area contributed by atoms with Crippen molar-refractivity contribution in [1.29, 1.82) is 0 Å². The van der Waals surface area contributed by atoms with Gasteiger partial charge in [-0.1, -0.05) is 0 Å². The molecule has 0 aromatic rings. The van der Waals surface area contributed by atoms with Crippen LogP contribution in [0, 0.1) is 5.92 Å². The Balaban J connectivity index is 1.50. The highest BCUT2D eigenvalue weighted by molar-refractivity contribution is 7.99. The van der Waals surface area contributed by atoms with Crippen LogP contribution in [-0.4, -0.2) is 58.8 Å². The molecule has 102 valence electrons. The maximum atomic E-state index is 10.6. The van der Waals surface area contributed by atoms with E-state index in [1.807, 2.05) is 11.8 Å². The number of nitrogens with zero attached hydrogens (tertiary/aromatic N) is 1. The summed E-state index contributed by atoms with van der Waals surface area (Å²) in [6, 6.07) is 0.627. The molecule has 0 aliphatic carbocycles. The van der Waals surface area contributed by atoms with Gasteiger partial charge in [-0.2, -0.15) is 11.8 Å². The molecule has 0 aromatic heterocycles. The highest BCUT2D eigenvalue weighted by Crippen LogP contribution is 2.40. The summed E-state index contributed by atoms with van der Waals surface area (Å²) in [6.07, 6.45) is 3.80. The number of rotatable bonds is 3. The number of carboxylic acid groups (broad SMARTS) is 1. The summed E-state index contributed by atoms with van der Waals surface area (Å²) in [7, 11) is 0. The van der Waals surface area contributed by atoms with E-state index in [4.69, 9.17) is 9.84 Å². The zero-order valence-corrected chi connectivity index (χ0v) is 11.5. The van der Waals surface area contributed by atoms with Crippen molar-refractivity contribution < 1.29 is 14.6 Å². The molecular weight excluding hydrogens is 250 g/mol. The van der Waals surface area contributed by atoms with E-state index in [1.54, 1.807) is 0 Å². The number of ether oxygens (including phenoxy) is 1. The van der Waals surface area contributed by atoms with Crippen LogP contribution >= 0.6 is 11.8 Å². The van der Waals surface area contributed by atoms with E-state index in [2.05, 4.69) is 4.90 Å².